The van der Waals surface area contributed by atoms with Crippen LogP contribution in [0.15, 0.2) is 72.8 Å². The normalized spacial score (nSPS) is 23.2. The number of benzene rings is 3. The summed E-state index contributed by atoms with van der Waals surface area (Å²) in [4.78, 5) is 14.5. The predicted molar refractivity (Wildman–Crippen MR) is 170 cm³/mol. The molecule has 2 heterocycles. The van der Waals surface area contributed by atoms with Gasteiger partial charge < -0.3 is 30.1 Å². The Balaban J connectivity index is 1.38. The number of amides is 2. The SMILES string of the molecule is CCNC(=O)NCc1cccc(-c2cccc([C@H]3O[C@@H](CN4CCCCCCC4)[C@@H](C)[C@@H](c4ccc(CO)cc4)O3)c2)c1. The molecule has 4 atom stereocenters. The second kappa shape index (κ2) is 15.5. The summed E-state index contributed by atoms with van der Waals surface area (Å²) in [5.74, 6) is 0.166. The number of nitrogens with zero attached hydrogens (tertiary/aromatic N) is 1. The zero-order chi connectivity index (χ0) is 30.0. The van der Waals surface area contributed by atoms with Gasteiger partial charge in [-0.1, -0.05) is 86.8 Å². The lowest BCUT2D eigenvalue weighted by Crippen LogP contribution is -2.45. The first kappa shape index (κ1) is 31.2. The van der Waals surface area contributed by atoms with Gasteiger partial charge in [-0.05, 0) is 72.8 Å². The molecule has 2 aliphatic heterocycles. The summed E-state index contributed by atoms with van der Waals surface area (Å²) < 4.78 is 13.6. The van der Waals surface area contributed by atoms with Crippen LogP contribution < -0.4 is 10.6 Å². The zero-order valence-corrected chi connectivity index (χ0v) is 25.6. The number of nitrogens with one attached hydrogen (secondary N) is 2. The van der Waals surface area contributed by atoms with Crippen molar-refractivity contribution in [3.05, 3.63) is 95.1 Å². The van der Waals surface area contributed by atoms with E-state index in [1.165, 1.54) is 32.1 Å². The molecule has 2 amide bonds. The summed E-state index contributed by atoms with van der Waals surface area (Å²) in [5.41, 5.74) is 6.19. The maximum Gasteiger partial charge on any atom is 0.315 e. The van der Waals surface area contributed by atoms with Crippen LogP contribution in [0.3, 0.4) is 0 Å². The van der Waals surface area contributed by atoms with E-state index in [4.69, 9.17) is 9.47 Å². The van der Waals surface area contributed by atoms with Gasteiger partial charge in [0.15, 0.2) is 6.29 Å². The monoisotopic (exact) mass is 585 g/mol. The van der Waals surface area contributed by atoms with Crippen molar-refractivity contribution in [3.8, 4) is 11.1 Å². The number of hydrogen-bond acceptors (Lipinski definition) is 5. The van der Waals surface area contributed by atoms with Gasteiger partial charge in [0, 0.05) is 31.1 Å². The number of urea groups is 1. The van der Waals surface area contributed by atoms with E-state index >= 15 is 0 Å². The van der Waals surface area contributed by atoms with Crippen molar-refractivity contribution in [1.29, 1.82) is 0 Å². The molecule has 7 nitrogen and oxygen atoms in total. The highest BCUT2D eigenvalue weighted by molar-refractivity contribution is 5.74. The number of rotatable bonds is 9. The third kappa shape index (κ3) is 8.45. The fraction of sp³-hybridized carbons (Fsp3) is 0.472. The first-order valence-corrected chi connectivity index (χ1v) is 16.0. The summed E-state index contributed by atoms with van der Waals surface area (Å²) in [6.45, 7) is 8.36. The molecule has 0 unspecified atom stereocenters. The molecular formula is C36H47N3O4. The van der Waals surface area contributed by atoms with Crippen LogP contribution in [0.25, 0.3) is 11.1 Å². The summed E-state index contributed by atoms with van der Waals surface area (Å²) in [6, 6.07) is 24.6. The molecule has 0 aromatic heterocycles. The Morgan fingerprint density at radius 3 is 2.26 bits per heavy atom. The Morgan fingerprint density at radius 1 is 0.837 bits per heavy atom. The highest BCUT2D eigenvalue weighted by Crippen LogP contribution is 2.42. The van der Waals surface area contributed by atoms with Crippen LogP contribution in [0, 0.1) is 5.92 Å². The van der Waals surface area contributed by atoms with Crippen LogP contribution in [0.5, 0.6) is 0 Å². The standard InChI is InChI=1S/C36H47N3O4/c1-3-37-36(41)38-23-28-11-9-12-30(21-28)31-13-10-14-32(22-31)35-42-33(24-39-19-7-5-4-6-8-20-39)26(2)34(43-35)29-17-15-27(25-40)16-18-29/h9-18,21-22,26,33-35,40H,3-8,19-20,23-25H2,1-2H3,(H2,37,38,41)/t26-,33+,34+,35+/m1/s1. The number of carbonyl (C=O) groups excluding carboxylic acids is 1. The summed E-state index contributed by atoms with van der Waals surface area (Å²) in [5, 5.41) is 15.3. The molecule has 0 saturated carbocycles. The second-order valence-corrected chi connectivity index (χ2v) is 11.9. The van der Waals surface area contributed by atoms with E-state index in [9.17, 15) is 9.90 Å². The molecule has 2 aliphatic rings. The van der Waals surface area contributed by atoms with Gasteiger partial charge in [-0.3, -0.25) is 0 Å². The number of ether oxygens (including phenoxy) is 2. The first-order valence-electron chi connectivity index (χ1n) is 16.0. The van der Waals surface area contributed by atoms with Gasteiger partial charge in [0.05, 0.1) is 18.8 Å². The number of aliphatic hydroxyl groups is 1. The summed E-state index contributed by atoms with van der Waals surface area (Å²) >= 11 is 0. The molecule has 7 heteroatoms. The molecule has 230 valence electrons. The zero-order valence-electron chi connectivity index (χ0n) is 25.6. The van der Waals surface area contributed by atoms with Gasteiger partial charge >= 0.3 is 6.03 Å². The Bertz CT molecular complexity index is 1310. The first-order chi connectivity index (χ1) is 21.0. The Hall–Kier alpha value is -3.23. The molecule has 3 aromatic carbocycles. The molecule has 2 fully saturated rings. The number of likely N-dealkylation sites (tertiary alicyclic amines) is 1. The van der Waals surface area contributed by atoms with E-state index in [-0.39, 0.29) is 30.8 Å². The van der Waals surface area contributed by atoms with Gasteiger partial charge in [0.25, 0.3) is 0 Å². The maximum atomic E-state index is 11.9. The van der Waals surface area contributed by atoms with Gasteiger partial charge in [-0.25, -0.2) is 4.79 Å². The van der Waals surface area contributed by atoms with Gasteiger partial charge in [0.1, 0.15) is 0 Å². The maximum absolute atomic E-state index is 11.9. The minimum absolute atomic E-state index is 0.0213. The van der Waals surface area contributed by atoms with Crippen LogP contribution in [0.1, 0.15) is 80.6 Å². The minimum atomic E-state index is -0.499. The van der Waals surface area contributed by atoms with E-state index in [0.717, 1.165) is 53.0 Å². The molecule has 0 radical (unpaired) electrons. The van der Waals surface area contributed by atoms with E-state index < -0.39 is 6.29 Å². The average Bonchev–Trinajstić information content (AvgIpc) is 3.02. The Labute approximate surface area is 256 Å². The average molecular weight is 586 g/mol. The predicted octanol–water partition coefficient (Wildman–Crippen LogP) is 6.72. The van der Waals surface area contributed by atoms with E-state index in [0.29, 0.717) is 13.1 Å². The van der Waals surface area contributed by atoms with Crippen LogP contribution in [0.4, 0.5) is 4.79 Å². The summed E-state index contributed by atoms with van der Waals surface area (Å²) in [6.07, 6.45) is 5.83. The third-order valence-electron chi connectivity index (χ3n) is 8.72. The molecule has 3 N–H and O–H groups in total. The molecular weight excluding hydrogens is 538 g/mol. The van der Waals surface area contributed by atoms with Crippen LogP contribution in [0.2, 0.25) is 0 Å². The molecule has 0 bridgehead atoms. The summed E-state index contributed by atoms with van der Waals surface area (Å²) in [7, 11) is 0. The van der Waals surface area contributed by atoms with Gasteiger partial charge in [0.2, 0.25) is 0 Å². The molecule has 0 aliphatic carbocycles. The van der Waals surface area contributed by atoms with Crippen molar-refractivity contribution in [2.75, 3.05) is 26.2 Å². The van der Waals surface area contributed by atoms with Gasteiger partial charge in [-0.2, -0.15) is 0 Å². The van der Waals surface area contributed by atoms with Crippen LogP contribution in [-0.2, 0) is 22.6 Å². The highest BCUT2D eigenvalue weighted by atomic mass is 16.7. The van der Waals surface area contributed by atoms with Crippen molar-refractivity contribution in [2.45, 2.75) is 77.6 Å². The van der Waals surface area contributed by atoms with E-state index in [2.05, 4.69) is 71.0 Å². The molecule has 43 heavy (non-hydrogen) atoms. The highest BCUT2D eigenvalue weighted by Gasteiger charge is 2.39. The van der Waals surface area contributed by atoms with Crippen LogP contribution in [-0.4, -0.2) is 48.3 Å². The minimum Gasteiger partial charge on any atom is -0.392 e. The lowest BCUT2D eigenvalue weighted by Gasteiger charge is -2.43. The van der Waals surface area contributed by atoms with Crippen molar-refractivity contribution >= 4 is 6.03 Å². The lowest BCUT2D eigenvalue weighted by molar-refractivity contribution is -0.276. The van der Waals surface area contributed by atoms with Crippen molar-refractivity contribution < 1.29 is 19.4 Å². The number of carbonyl (C=O) groups is 1. The van der Waals surface area contributed by atoms with Crippen molar-refractivity contribution in [1.82, 2.24) is 15.5 Å². The van der Waals surface area contributed by atoms with Crippen molar-refractivity contribution in [2.24, 2.45) is 5.92 Å². The Morgan fingerprint density at radius 2 is 1.53 bits per heavy atom. The smallest absolute Gasteiger partial charge is 0.315 e. The second-order valence-electron chi connectivity index (χ2n) is 11.9. The van der Waals surface area contributed by atoms with Crippen LogP contribution >= 0.6 is 0 Å². The topological polar surface area (TPSA) is 83.1 Å². The third-order valence-corrected chi connectivity index (χ3v) is 8.72. The molecule has 5 rings (SSSR count). The molecule has 3 aromatic rings. The number of aliphatic hydroxyl groups excluding tert-OH is 1. The molecule has 2 saturated heterocycles. The lowest BCUT2D eigenvalue weighted by atomic mass is 9.89. The Kier molecular flexibility index (Phi) is 11.2. The quantitative estimate of drug-likeness (QED) is 0.260. The largest absolute Gasteiger partial charge is 0.392 e. The van der Waals surface area contributed by atoms with E-state index in [1.807, 2.05) is 31.2 Å². The fourth-order valence-electron chi connectivity index (χ4n) is 6.21. The van der Waals surface area contributed by atoms with E-state index in [1.54, 1.807) is 0 Å². The fourth-order valence-corrected chi connectivity index (χ4v) is 6.21. The van der Waals surface area contributed by atoms with Crippen molar-refractivity contribution in [3.63, 3.8) is 0 Å². The van der Waals surface area contributed by atoms with Gasteiger partial charge in [-0.15, -0.1) is 0 Å². The molecule has 0 spiro atoms. The number of hydrogen-bond donors (Lipinski definition) is 3.